The van der Waals surface area contributed by atoms with Crippen LogP contribution in [0.3, 0.4) is 0 Å². The van der Waals surface area contributed by atoms with Crippen molar-refractivity contribution in [2.75, 3.05) is 17.3 Å². The molecule has 1 N–H and O–H groups in total. The Morgan fingerprint density at radius 3 is 2.40 bits per heavy atom. The van der Waals surface area contributed by atoms with Gasteiger partial charge in [-0.15, -0.1) is 0 Å². The van der Waals surface area contributed by atoms with Gasteiger partial charge in [-0.2, -0.15) is 4.98 Å². The number of hydrogen-bond acceptors (Lipinski definition) is 4. The molecule has 128 valence electrons. The fraction of sp³-hybridized carbons (Fsp3) is 0.238. The molecule has 3 rings (SSSR count). The molecule has 0 aliphatic heterocycles. The zero-order chi connectivity index (χ0) is 17.6. The van der Waals surface area contributed by atoms with E-state index in [9.17, 15) is 0 Å². The van der Waals surface area contributed by atoms with Crippen LogP contribution in [-0.2, 0) is 13.1 Å². The molecule has 0 amide bonds. The maximum atomic E-state index is 4.67. The van der Waals surface area contributed by atoms with Crippen molar-refractivity contribution in [2.45, 2.75) is 26.9 Å². The molecule has 4 heteroatoms. The van der Waals surface area contributed by atoms with Crippen molar-refractivity contribution in [2.24, 2.45) is 0 Å². The molecule has 0 fully saturated rings. The van der Waals surface area contributed by atoms with E-state index >= 15 is 0 Å². The van der Waals surface area contributed by atoms with Crippen LogP contribution in [-0.4, -0.2) is 17.0 Å². The van der Waals surface area contributed by atoms with Crippen LogP contribution in [0.25, 0.3) is 0 Å². The van der Waals surface area contributed by atoms with Gasteiger partial charge >= 0.3 is 0 Å². The Kier molecular flexibility index (Phi) is 5.29. The number of rotatable bonds is 6. The number of nitrogens with one attached hydrogen (secondary N) is 1. The SMILES string of the molecule is Cc1cccc(CNc2nc(C)cc(N(C)Cc3ccccc3)n2)c1. The first kappa shape index (κ1) is 17.0. The summed E-state index contributed by atoms with van der Waals surface area (Å²) in [6.45, 7) is 5.63. The molecule has 0 atom stereocenters. The molecule has 0 aliphatic carbocycles. The highest BCUT2D eigenvalue weighted by molar-refractivity contribution is 5.45. The van der Waals surface area contributed by atoms with Gasteiger partial charge in [-0.1, -0.05) is 60.2 Å². The van der Waals surface area contributed by atoms with Crippen molar-refractivity contribution in [3.8, 4) is 0 Å². The molecular weight excluding hydrogens is 308 g/mol. The minimum Gasteiger partial charge on any atom is -0.355 e. The predicted molar refractivity (Wildman–Crippen MR) is 104 cm³/mol. The monoisotopic (exact) mass is 332 g/mol. The first-order chi connectivity index (χ1) is 12.1. The quantitative estimate of drug-likeness (QED) is 0.729. The maximum absolute atomic E-state index is 4.67. The van der Waals surface area contributed by atoms with Gasteiger partial charge in [0.2, 0.25) is 5.95 Å². The van der Waals surface area contributed by atoms with E-state index in [1.54, 1.807) is 0 Å². The standard InChI is InChI=1S/C21H24N4/c1-16-8-7-11-19(12-16)14-22-21-23-17(2)13-20(24-21)25(3)15-18-9-5-4-6-10-18/h4-13H,14-15H2,1-3H3,(H,22,23,24). The zero-order valence-corrected chi connectivity index (χ0v) is 15.0. The Balaban J connectivity index is 1.71. The largest absolute Gasteiger partial charge is 0.355 e. The first-order valence-corrected chi connectivity index (χ1v) is 8.50. The summed E-state index contributed by atoms with van der Waals surface area (Å²) in [5, 5.41) is 3.34. The minimum atomic E-state index is 0.663. The lowest BCUT2D eigenvalue weighted by atomic mass is 10.1. The summed E-state index contributed by atoms with van der Waals surface area (Å²) in [5.41, 5.74) is 4.70. The van der Waals surface area contributed by atoms with Crippen molar-refractivity contribution in [3.05, 3.63) is 83.0 Å². The lowest BCUT2D eigenvalue weighted by Crippen LogP contribution is -2.19. The van der Waals surface area contributed by atoms with Crippen LogP contribution >= 0.6 is 0 Å². The van der Waals surface area contributed by atoms with Crippen molar-refractivity contribution in [1.82, 2.24) is 9.97 Å². The fourth-order valence-electron chi connectivity index (χ4n) is 2.77. The molecule has 0 spiro atoms. The van der Waals surface area contributed by atoms with Gasteiger partial charge in [-0.25, -0.2) is 4.98 Å². The van der Waals surface area contributed by atoms with E-state index in [1.807, 2.05) is 19.1 Å². The Bertz CT molecular complexity index is 830. The lowest BCUT2D eigenvalue weighted by molar-refractivity contribution is 0.884. The van der Waals surface area contributed by atoms with Gasteiger partial charge in [0, 0.05) is 31.9 Å². The summed E-state index contributed by atoms with van der Waals surface area (Å²) in [6, 6.07) is 20.9. The minimum absolute atomic E-state index is 0.663. The van der Waals surface area contributed by atoms with Gasteiger partial charge < -0.3 is 10.2 Å². The van der Waals surface area contributed by atoms with E-state index in [0.717, 1.165) is 18.1 Å². The lowest BCUT2D eigenvalue weighted by Gasteiger charge is -2.19. The molecule has 0 bridgehead atoms. The van der Waals surface area contributed by atoms with Gasteiger partial charge in [0.25, 0.3) is 0 Å². The average molecular weight is 332 g/mol. The topological polar surface area (TPSA) is 41.1 Å². The molecule has 0 unspecified atom stereocenters. The highest BCUT2D eigenvalue weighted by Crippen LogP contribution is 2.17. The van der Waals surface area contributed by atoms with E-state index in [4.69, 9.17) is 0 Å². The summed E-state index contributed by atoms with van der Waals surface area (Å²) in [6.07, 6.45) is 0. The molecule has 1 aromatic heterocycles. The summed E-state index contributed by atoms with van der Waals surface area (Å²) < 4.78 is 0. The number of anilines is 2. The van der Waals surface area contributed by atoms with Gasteiger partial charge in [0.15, 0.2) is 0 Å². The van der Waals surface area contributed by atoms with Crippen molar-refractivity contribution < 1.29 is 0 Å². The van der Waals surface area contributed by atoms with E-state index in [-0.39, 0.29) is 0 Å². The highest BCUT2D eigenvalue weighted by atomic mass is 15.2. The number of aromatic nitrogens is 2. The van der Waals surface area contributed by atoms with Gasteiger partial charge in [-0.3, -0.25) is 0 Å². The number of aryl methyl sites for hydroxylation is 2. The molecule has 4 nitrogen and oxygen atoms in total. The second-order valence-corrected chi connectivity index (χ2v) is 6.38. The number of nitrogens with zero attached hydrogens (tertiary/aromatic N) is 3. The van der Waals surface area contributed by atoms with Gasteiger partial charge in [-0.05, 0) is 25.0 Å². The summed E-state index contributed by atoms with van der Waals surface area (Å²) in [4.78, 5) is 11.3. The maximum Gasteiger partial charge on any atom is 0.225 e. The van der Waals surface area contributed by atoms with E-state index < -0.39 is 0 Å². The fourth-order valence-corrected chi connectivity index (χ4v) is 2.77. The molecule has 3 aromatic rings. The van der Waals surface area contributed by atoms with Crippen LogP contribution in [0.4, 0.5) is 11.8 Å². The Morgan fingerprint density at radius 1 is 0.880 bits per heavy atom. The Morgan fingerprint density at radius 2 is 1.64 bits per heavy atom. The Labute approximate surface area is 149 Å². The molecule has 25 heavy (non-hydrogen) atoms. The van der Waals surface area contributed by atoms with Crippen LogP contribution in [0.15, 0.2) is 60.7 Å². The summed E-state index contributed by atoms with van der Waals surface area (Å²) in [5.74, 6) is 1.58. The van der Waals surface area contributed by atoms with Crippen molar-refractivity contribution in [1.29, 1.82) is 0 Å². The molecule has 0 aliphatic rings. The average Bonchev–Trinajstić information content (AvgIpc) is 2.60. The summed E-state index contributed by atoms with van der Waals surface area (Å²) in [7, 11) is 2.05. The van der Waals surface area contributed by atoms with Crippen LogP contribution in [0.2, 0.25) is 0 Å². The third-order valence-electron chi connectivity index (χ3n) is 4.03. The normalized spacial score (nSPS) is 10.5. The predicted octanol–water partition coefficient (Wildman–Crippen LogP) is 4.34. The van der Waals surface area contributed by atoms with Crippen LogP contribution in [0, 0.1) is 13.8 Å². The van der Waals surface area contributed by atoms with E-state index in [2.05, 4.69) is 82.7 Å². The van der Waals surface area contributed by atoms with Crippen LogP contribution in [0.5, 0.6) is 0 Å². The van der Waals surface area contributed by atoms with Crippen molar-refractivity contribution >= 4 is 11.8 Å². The Hall–Kier alpha value is -2.88. The number of benzene rings is 2. The van der Waals surface area contributed by atoms with E-state index in [1.165, 1.54) is 16.7 Å². The second kappa shape index (κ2) is 7.79. The third kappa shape index (κ3) is 4.80. The molecular formula is C21H24N4. The molecule has 2 aromatic carbocycles. The second-order valence-electron chi connectivity index (χ2n) is 6.38. The van der Waals surface area contributed by atoms with E-state index in [0.29, 0.717) is 12.5 Å². The van der Waals surface area contributed by atoms with Gasteiger partial charge in [0.1, 0.15) is 5.82 Å². The molecule has 0 radical (unpaired) electrons. The van der Waals surface area contributed by atoms with Crippen LogP contribution < -0.4 is 10.2 Å². The number of hydrogen-bond donors (Lipinski definition) is 1. The highest BCUT2D eigenvalue weighted by Gasteiger charge is 2.07. The van der Waals surface area contributed by atoms with Crippen LogP contribution in [0.1, 0.15) is 22.4 Å². The van der Waals surface area contributed by atoms with Gasteiger partial charge in [0.05, 0.1) is 0 Å². The molecule has 1 heterocycles. The smallest absolute Gasteiger partial charge is 0.225 e. The third-order valence-corrected chi connectivity index (χ3v) is 4.03. The summed E-state index contributed by atoms with van der Waals surface area (Å²) >= 11 is 0. The molecule has 0 saturated heterocycles. The molecule has 0 saturated carbocycles. The zero-order valence-electron chi connectivity index (χ0n) is 15.0. The van der Waals surface area contributed by atoms with Crippen molar-refractivity contribution in [3.63, 3.8) is 0 Å². The first-order valence-electron chi connectivity index (χ1n) is 8.50.